The SMILES string of the molecule is CC(Cc1ccc(Cl)cc1Cl)NN. The van der Waals surface area contributed by atoms with Crippen LogP contribution in [0.3, 0.4) is 0 Å². The second-order valence-corrected chi connectivity index (χ2v) is 3.85. The normalized spacial score (nSPS) is 12.9. The van der Waals surface area contributed by atoms with Crippen LogP contribution in [0.2, 0.25) is 10.0 Å². The van der Waals surface area contributed by atoms with Crippen molar-refractivity contribution in [3.8, 4) is 0 Å². The quantitative estimate of drug-likeness (QED) is 0.605. The largest absolute Gasteiger partial charge is 0.271 e. The molecule has 2 nitrogen and oxygen atoms in total. The predicted molar refractivity (Wildman–Crippen MR) is 57.0 cm³/mol. The number of benzene rings is 1. The number of rotatable bonds is 3. The van der Waals surface area contributed by atoms with Gasteiger partial charge in [-0.1, -0.05) is 29.3 Å². The minimum atomic E-state index is 0.207. The van der Waals surface area contributed by atoms with E-state index >= 15 is 0 Å². The molecule has 4 heteroatoms. The van der Waals surface area contributed by atoms with Gasteiger partial charge in [-0.3, -0.25) is 11.3 Å². The Kier molecular flexibility index (Phi) is 4.00. The topological polar surface area (TPSA) is 38.0 Å². The number of halogens is 2. The maximum atomic E-state index is 5.98. The summed E-state index contributed by atoms with van der Waals surface area (Å²) in [4.78, 5) is 0. The number of hydrogen-bond donors (Lipinski definition) is 2. The van der Waals surface area contributed by atoms with Gasteiger partial charge in [-0.25, -0.2) is 0 Å². The highest BCUT2D eigenvalue weighted by Gasteiger charge is 2.05. The van der Waals surface area contributed by atoms with Crippen molar-refractivity contribution < 1.29 is 0 Å². The van der Waals surface area contributed by atoms with Crippen LogP contribution >= 0.6 is 23.2 Å². The summed E-state index contributed by atoms with van der Waals surface area (Å²) in [5.41, 5.74) is 3.72. The van der Waals surface area contributed by atoms with Crippen molar-refractivity contribution in [2.75, 3.05) is 0 Å². The lowest BCUT2D eigenvalue weighted by Crippen LogP contribution is -2.34. The molecule has 0 heterocycles. The Labute approximate surface area is 88.0 Å². The molecule has 1 aromatic rings. The van der Waals surface area contributed by atoms with E-state index in [1.807, 2.05) is 19.1 Å². The van der Waals surface area contributed by atoms with Crippen LogP contribution in [0, 0.1) is 0 Å². The number of hydrogen-bond acceptors (Lipinski definition) is 2. The van der Waals surface area contributed by atoms with E-state index in [4.69, 9.17) is 29.0 Å². The summed E-state index contributed by atoms with van der Waals surface area (Å²) in [6.45, 7) is 1.99. The molecule has 0 aromatic heterocycles. The lowest BCUT2D eigenvalue weighted by molar-refractivity contribution is 0.568. The molecule has 0 saturated carbocycles. The predicted octanol–water partition coefficient (Wildman–Crippen LogP) is 2.39. The van der Waals surface area contributed by atoms with Crippen molar-refractivity contribution in [2.24, 2.45) is 5.84 Å². The van der Waals surface area contributed by atoms with E-state index < -0.39 is 0 Å². The summed E-state index contributed by atoms with van der Waals surface area (Å²) in [6, 6.07) is 5.69. The fourth-order valence-corrected chi connectivity index (χ4v) is 1.56. The zero-order valence-corrected chi connectivity index (χ0v) is 8.86. The van der Waals surface area contributed by atoms with Crippen molar-refractivity contribution >= 4 is 23.2 Å². The third-order valence-electron chi connectivity index (χ3n) is 1.83. The molecule has 0 radical (unpaired) electrons. The van der Waals surface area contributed by atoms with Crippen LogP contribution in [0.1, 0.15) is 12.5 Å². The molecule has 0 spiro atoms. The molecule has 0 aliphatic carbocycles. The first-order valence-electron chi connectivity index (χ1n) is 4.03. The van der Waals surface area contributed by atoms with Crippen LogP contribution in [0.15, 0.2) is 18.2 Å². The molecule has 3 N–H and O–H groups in total. The average Bonchev–Trinajstić information content (AvgIpc) is 2.09. The molecule has 72 valence electrons. The molecule has 0 amide bonds. The number of nitrogens with two attached hydrogens (primary N) is 1. The third kappa shape index (κ3) is 3.16. The Morgan fingerprint density at radius 1 is 1.46 bits per heavy atom. The Bertz CT molecular complexity index is 289. The van der Waals surface area contributed by atoms with E-state index in [0.29, 0.717) is 10.0 Å². The molecule has 1 aromatic carbocycles. The summed E-state index contributed by atoms with van der Waals surface area (Å²) in [5.74, 6) is 5.28. The number of nitrogens with one attached hydrogen (secondary N) is 1. The van der Waals surface area contributed by atoms with Gasteiger partial charge in [0.15, 0.2) is 0 Å². The highest BCUT2D eigenvalue weighted by Crippen LogP contribution is 2.21. The van der Waals surface area contributed by atoms with Gasteiger partial charge >= 0.3 is 0 Å². The summed E-state index contributed by atoms with van der Waals surface area (Å²) >= 11 is 11.7. The molecular weight excluding hydrogens is 207 g/mol. The van der Waals surface area contributed by atoms with E-state index in [2.05, 4.69) is 5.43 Å². The molecule has 1 rings (SSSR count). The summed E-state index contributed by atoms with van der Waals surface area (Å²) in [5, 5.41) is 1.34. The van der Waals surface area contributed by atoms with Crippen LogP contribution in [0.25, 0.3) is 0 Å². The first kappa shape index (κ1) is 10.8. The maximum Gasteiger partial charge on any atom is 0.0453 e. The summed E-state index contributed by atoms with van der Waals surface area (Å²) in [7, 11) is 0. The van der Waals surface area contributed by atoms with E-state index in [-0.39, 0.29) is 6.04 Å². The lowest BCUT2D eigenvalue weighted by Gasteiger charge is -2.10. The van der Waals surface area contributed by atoms with Gasteiger partial charge in [0, 0.05) is 16.1 Å². The van der Waals surface area contributed by atoms with Gasteiger partial charge in [0.25, 0.3) is 0 Å². The molecule has 0 fully saturated rings. The molecule has 0 saturated heterocycles. The molecule has 0 aliphatic rings. The first-order valence-corrected chi connectivity index (χ1v) is 4.79. The van der Waals surface area contributed by atoms with Crippen molar-refractivity contribution in [3.63, 3.8) is 0 Å². The van der Waals surface area contributed by atoms with E-state index in [9.17, 15) is 0 Å². The molecule has 0 aliphatic heterocycles. The third-order valence-corrected chi connectivity index (χ3v) is 2.41. The zero-order chi connectivity index (χ0) is 9.84. The highest BCUT2D eigenvalue weighted by atomic mass is 35.5. The highest BCUT2D eigenvalue weighted by molar-refractivity contribution is 6.35. The van der Waals surface area contributed by atoms with E-state index in [1.54, 1.807) is 6.07 Å². The fourth-order valence-electron chi connectivity index (χ4n) is 1.08. The number of hydrazine groups is 1. The Morgan fingerprint density at radius 2 is 2.15 bits per heavy atom. The van der Waals surface area contributed by atoms with Crippen LogP contribution in [-0.2, 0) is 6.42 Å². The summed E-state index contributed by atoms with van der Waals surface area (Å²) in [6.07, 6.45) is 0.798. The van der Waals surface area contributed by atoms with Crippen molar-refractivity contribution in [3.05, 3.63) is 33.8 Å². The van der Waals surface area contributed by atoms with Crippen molar-refractivity contribution in [1.29, 1.82) is 0 Å². The standard InChI is InChI=1S/C9H12Cl2N2/c1-6(13-12)4-7-2-3-8(10)5-9(7)11/h2-3,5-6,13H,4,12H2,1H3. The Hall–Kier alpha value is -0.280. The Balaban J connectivity index is 2.77. The molecule has 13 heavy (non-hydrogen) atoms. The van der Waals surface area contributed by atoms with Crippen molar-refractivity contribution in [2.45, 2.75) is 19.4 Å². The van der Waals surface area contributed by atoms with Crippen LogP contribution in [0.5, 0.6) is 0 Å². The monoisotopic (exact) mass is 218 g/mol. The second-order valence-electron chi connectivity index (χ2n) is 3.01. The Morgan fingerprint density at radius 3 is 2.69 bits per heavy atom. The fraction of sp³-hybridized carbons (Fsp3) is 0.333. The van der Waals surface area contributed by atoms with E-state index in [0.717, 1.165) is 12.0 Å². The van der Waals surface area contributed by atoms with Crippen LogP contribution in [-0.4, -0.2) is 6.04 Å². The van der Waals surface area contributed by atoms with Gasteiger partial charge in [0.05, 0.1) is 0 Å². The maximum absolute atomic E-state index is 5.98. The van der Waals surface area contributed by atoms with Gasteiger partial charge in [-0.15, -0.1) is 0 Å². The van der Waals surface area contributed by atoms with Crippen molar-refractivity contribution in [1.82, 2.24) is 5.43 Å². The van der Waals surface area contributed by atoms with Crippen LogP contribution in [0.4, 0.5) is 0 Å². The molecular formula is C9H12Cl2N2. The second kappa shape index (κ2) is 4.82. The minimum Gasteiger partial charge on any atom is -0.271 e. The zero-order valence-electron chi connectivity index (χ0n) is 7.35. The smallest absolute Gasteiger partial charge is 0.0453 e. The first-order chi connectivity index (χ1) is 6.13. The van der Waals surface area contributed by atoms with Gasteiger partial charge in [0.2, 0.25) is 0 Å². The van der Waals surface area contributed by atoms with Gasteiger partial charge in [-0.2, -0.15) is 0 Å². The molecule has 0 bridgehead atoms. The van der Waals surface area contributed by atoms with Gasteiger partial charge in [0.1, 0.15) is 0 Å². The van der Waals surface area contributed by atoms with Gasteiger partial charge < -0.3 is 0 Å². The minimum absolute atomic E-state index is 0.207. The lowest BCUT2D eigenvalue weighted by atomic mass is 10.1. The average molecular weight is 219 g/mol. The van der Waals surface area contributed by atoms with Crippen LogP contribution < -0.4 is 11.3 Å². The van der Waals surface area contributed by atoms with E-state index in [1.165, 1.54) is 0 Å². The van der Waals surface area contributed by atoms with Gasteiger partial charge in [-0.05, 0) is 31.0 Å². The molecule has 1 atom stereocenters. The molecule has 1 unspecified atom stereocenters. The summed E-state index contributed by atoms with van der Waals surface area (Å²) < 4.78 is 0.